The third-order valence-corrected chi connectivity index (χ3v) is 3.97. The number of hydrogen-bond donors (Lipinski definition) is 2. The molecule has 1 aromatic carbocycles. The molecular formula is C14H19BrN2O2. The number of β-amino-alcohol motifs (C(OH)–C–C–N with tert-alkyl or cyclic N) is 1. The number of aryl methyl sites for hydroxylation is 1. The molecular weight excluding hydrogens is 308 g/mol. The Bertz CT molecular complexity index is 488. The highest BCUT2D eigenvalue weighted by atomic mass is 79.9. The molecule has 0 saturated carbocycles. The summed E-state index contributed by atoms with van der Waals surface area (Å²) in [6, 6.07) is 5.90. The van der Waals surface area contributed by atoms with Gasteiger partial charge in [-0.25, -0.2) is 4.79 Å². The van der Waals surface area contributed by atoms with E-state index in [1.165, 1.54) is 0 Å². The van der Waals surface area contributed by atoms with Crippen molar-refractivity contribution >= 4 is 22.0 Å². The van der Waals surface area contributed by atoms with Crippen LogP contribution in [0.1, 0.15) is 24.5 Å². The van der Waals surface area contributed by atoms with Crippen LogP contribution in [0.15, 0.2) is 22.7 Å². The molecule has 19 heavy (non-hydrogen) atoms. The summed E-state index contributed by atoms with van der Waals surface area (Å²) < 4.78 is 1.01. The number of nitrogens with one attached hydrogen (secondary N) is 1. The first kappa shape index (κ1) is 14.3. The topological polar surface area (TPSA) is 52.6 Å². The Morgan fingerprint density at radius 2 is 2.32 bits per heavy atom. The van der Waals surface area contributed by atoms with Gasteiger partial charge in [-0.2, -0.15) is 0 Å². The first-order valence-electron chi connectivity index (χ1n) is 6.38. The lowest BCUT2D eigenvalue weighted by Gasteiger charge is -2.19. The highest BCUT2D eigenvalue weighted by molar-refractivity contribution is 9.10. The van der Waals surface area contributed by atoms with Crippen molar-refractivity contribution in [1.82, 2.24) is 10.2 Å². The van der Waals surface area contributed by atoms with Crippen LogP contribution in [0.5, 0.6) is 0 Å². The molecule has 1 atom stereocenters. The van der Waals surface area contributed by atoms with Crippen LogP contribution in [0, 0.1) is 6.92 Å². The molecule has 1 saturated heterocycles. The molecule has 4 nitrogen and oxygen atoms in total. The monoisotopic (exact) mass is 326 g/mol. The van der Waals surface area contributed by atoms with Crippen molar-refractivity contribution < 1.29 is 9.90 Å². The van der Waals surface area contributed by atoms with Crippen molar-refractivity contribution in [3.05, 3.63) is 33.8 Å². The molecule has 2 rings (SSSR count). The summed E-state index contributed by atoms with van der Waals surface area (Å²) in [6.07, 6.45) is 0.635. The van der Waals surface area contributed by atoms with E-state index in [9.17, 15) is 9.90 Å². The van der Waals surface area contributed by atoms with Crippen LogP contribution < -0.4 is 5.32 Å². The van der Waals surface area contributed by atoms with Gasteiger partial charge in [-0.15, -0.1) is 0 Å². The van der Waals surface area contributed by atoms with Gasteiger partial charge < -0.3 is 15.3 Å². The molecule has 1 heterocycles. The van der Waals surface area contributed by atoms with Crippen LogP contribution in [-0.2, 0) is 6.54 Å². The molecule has 1 aliphatic heterocycles. The number of hydrogen-bond acceptors (Lipinski definition) is 2. The molecule has 5 heteroatoms. The van der Waals surface area contributed by atoms with E-state index in [1.807, 2.05) is 25.1 Å². The number of carbonyl (C=O) groups excluding carboxylic acids is 1. The van der Waals surface area contributed by atoms with Gasteiger partial charge in [0.25, 0.3) is 0 Å². The first-order chi connectivity index (χ1) is 8.87. The molecule has 0 bridgehead atoms. The molecule has 1 aromatic rings. The lowest BCUT2D eigenvalue weighted by Crippen LogP contribution is -2.40. The maximum atomic E-state index is 12.0. The summed E-state index contributed by atoms with van der Waals surface area (Å²) in [4.78, 5) is 13.7. The maximum absolute atomic E-state index is 12.0. The van der Waals surface area contributed by atoms with Gasteiger partial charge in [0.2, 0.25) is 0 Å². The number of likely N-dealkylation sites (tertiary alicyclic amines) is 1. The van der Waals surface area contributed by atoms with Crippen LogP contribution in [0.25, 0.3) is 0 Å². The minimum absolute atomic E-state index is 0.114. The van der Waals surface area contributed by atoms with Crippen molar-refractivity contribution in [1.29, 1.82) is 0 Å². The summed E-state index contributed by atoms with van der Waals surface area (Å²) in [5.74, 6) is 0. The quantitative estimate of drug-likeness (QED) is 0.877. The van der Waals surface area contributed by atoms with E-state index in [1.54, 1.807) is 11.8 Å². The van der Waals surface area contributed by atoms with Crippen molar-refractivity contribution in [2.24, 2.45) is 0 Å². The van der Waals surface area contributed by atoms with E-state index in [-0.39, 0.29) is 6.03 Å². The standard InChI is InChI=1S/C14H19BrN2O2/c1-10-3-4-12(15)7-11(10)8-16-13(18)17-6-5-14(2,19)9-17/h3-4,7,19H,5-6,8-9H2,1-2H3,(H,16,18). The molecule has 1 fully saturated rings. The van der Waals surface area contributed by atoms with Gasteiger partial charge in [-0.05, 0) is 43.5 Å². The molecule has 2 N–H and O–H groups in total. The Hall–Kier alpha value is -1.07. The largest absolute Gasteiger partial charge is 0.388 e. The summed E-state index contributed by atoms with van der Waals surface area (Å²) in [7, 11) is 0. The van der Waals surface area contributed by atoms with Crippen LogP contribution in [0.4, 0.5) is 4.79 Å². The third kappa shape index (κ3) is 3.70. The Kier molecular flexibility index (Phi) is 4.16. The number of benzene rings is 1. The zero-order chi connectivity index (χ0) is 14.0. The summed E-state index contributed by atoms with van der Waals surface area (Å²) in [5.41, 5.74) is 1.49. The zero-order valence-corrected chi connectivity index (χ0v) is 12.8. The Morgan fingerprint density at radius 1 is 1.58 bits per heavy atom. The molecule has 0 aliphatic carbocycles. The van der Waals surface area contributed by atoms with Crippen molar-refractivity contribution in [3.8, 4) is 0 Å². The van der Waals surface area contributed by atoms with Gasteiger partial charge >= 0.3 is 6.03 Å². The van der Waals surface area contributed by atoms with Gasteiger partial charge in [0.1, 0.15) is 0 Å². The van der Waals surface area contributed by atoms with Crippen LogP contribution in [0.2, 0.25) is 0 Å². The molecule has 104 valence electrons. The average molecular weight is 327 g/mol. The minimum Gasteiger partial charge on any atom is -0.388 e. The first-order valence-corrected chi connectivity index (χ1v) is 7.17. The Balaban J connectivity index is 1.92. The van der Waals surface area contributed by atoms with Crippen molar-refractivity contribution in [2.45, 2.75) is 32.4 Å². The Labute approximate surface area is 121 Å². The lowest BCUT2D eigenvalue weighted by molar-refractivity contribution is 0.0719. The van der Waals surface area contributed by atoms with E-state index in [0.717, 1.165) is 15.6 Å². The normalized spacial score (nSPS) is 22.6. The van der Waals surface area contributed by atoms with Crippen LogP contribution in [0.3, 0.4) is 0 Å². The highest BCUT2D eigenvalue weighted by Crippen LogP contribution is 2.20. The molecule has 1 unspecified atom stereocenters. The number of amides is 2. The summed E-state index contributed by atoms with van der Waals surface area (Å²) in [6.45, 7) is 5.29. The predicted octanol–water partition coefficient (Wildman–Crippen LogP) is 2.42. The smallest absolute Gasteiger partial charge is 0.317 e. The molecule has 0 radical (unpaired) electrons. The summed E-state index contributed by atoms with van der Waals surface area (Å²) in [5, 5.41) is 12.8. The molecule has 0 spiro atoms. The summed E-state index contributed by atoms with van der Waals surface area (Å²) >= 11 is 3.43. The number of halogens is 1. The van der Waals surface area contributed by atoms with E-state index < -0.39 is 5.60 Å². The fourth-order valence-electron chi connectivity index (χ4n) is 2.23. The van der Waals surface area contributed by atoms with Gasteiger partial charge in [0.05, 0.1) is 12.1 Å². The number of aliphatic hydroxyl groups is 1. The van der Waals surface area contributed by atoms with Gasteiger partial charge in [-0.1, -0.05) is 22.0 Å². The zero-order valence-electron chi connectivity index (χ0n) is 11.2. The predicted molar refractivity (Wildman–Crippen MR) is 77.9 cm³/mol. The lowest BCUT2D eigenvalue weighted by atomic mass is 10.1. The molecule has 1 aliphatic rings. The molecule has 0 aromatic heterocycles. The van der Waals surface area contributed by atoms with Crippen LogP contribution >= 0.6 is 15.9 Å². The van der Waals surface area contributed by atoms with Gasteiger partial charge in [0.15, 0.2) is 0 Å². The van der Waals surface area contributed by atoms with Gasteiger partial charge in [-0.3, -0.25) is 0 Å². The van der Waals surface area contributed by atoms with E-state index in [4.69, 9.17) is 0 Å². The van der Waals surface area contributed by atoms with Crippen LogP contribution in [-0.4, -0.2) is 34.7 Å². The maximum Gasteiger partial charge on any atom is 0.317 e. The number of carbonyl (C=O) groups is 1. The number of nitrogens with zero attached hydrogens (tertiary/aromatic N) is 1. The second kappa shape index (κ2) is 5.51. The van der Waals surface area contributed by atoms with Crippen molar-refractivity contribution in [2.75, 3.05) is 13.1 Å². The average Bonchev–Trinajstić information content (AvgIpc) is 2.70. The second-order valence-electron chi connectivity index (χ2n) is 5.40. The van der Waals surface area contributed by atoms with E-state index in [2.05, 4.69) is 21.2 Å². The van der Waals surface area contributed by atoms with E-state index >= 15 is 0 Å². The fourth-order valence-corrected chi connectivity index (χ4v) is 2.64. The Morgan fingerprint density at radius 3 is 2.95 bits per heavy atom. The second-order valence-corrected chi connectivity index (χ2v) is 6.31. The fraction of sp³-hybridized carbons (Fsp3) is 0.500. The third-order valence-electron chi connectivity index (χ3n) is 3.48. The SMILES string of the molecule is Cc1ccc(Br)cc1CNC(=O)N1CCC(C)(O)C1. The minimum atomic E-state index is -0.747. The van der Waals surface area contributed by atoms with E-state index in [0.29, 0.717) is 26.1 Å². The number of rotatable bonds is 2. The highest BCUT2D eigenvalue weighted by Gasteiger charge is 2.33. The molecule has 2 amide bonds. The number of urea groups is 1. The van der Waals surface area contributed by atoms with Crippen molar-refractivity contribution in [3.63, 3.8) is 0 Å². The van der Waals surface area contributed by atoms with Gasteiger partial charge in [0, 0.05) is 17.6 Å².